The van der Waals surface area contributed by atoms with Crippen molar-refractivity contribution in [3.05, 3.63) is 29.8 Å². The maximum atomic E-state index is 12.9. The van der Waals surface area contributed by atoms with E-state index in [0.717, 1.165) is 18.5 Å². The van der Waals surface area contributed by atoms with Crippen LogP contribution in [0.2, 0.25) is 0 Å². The van der Waals surface area contributed by atoms with Crippen molar-refractivity contribution < 1.29 is 13.2 Å². The molecular formula is C17H26N2O3S. The molecule has 0 spiro atoms. The van der Waals surface area contributed by atoms with Crippen LogP contribution in [0.15, 0.2) is 29.2 Å². The molecule has 2 rings (SSSR count). The fourth-order valence-corrected chi connectivity index (χ4v) is 4.68. The number of carbonyl (C=O) groups excluding carboxylic acids is 1. The first-order valence-electron chi connectivity index (χ1n) is 8.04. The Kier molecular flexibility index (Phi) is 5.47. The smallest absolute Gasteiger partial charge is 0.243 e. The van der Waals surface area contributed by atoms with Crippen molar-refractivity contribution in [2.24, 2.45) is 5.92 Å². The van der Waals surface area contributed by atoms with Crippen LogP contribution in [0.4, 0.5) is 0 Å². The summed E-state index contributed by atoms with van der Waals surface area (Å²) < 4.78 is 27.2. The second-order valence-electron chi connectivity index (χ2n) is 6.60. The van der Waals surface area contributed by atoms with E-state index >= 15 is 0 Å². The van der Waals surface area contributed by atoms with Gasteiger partial charge in [-0.3, -0.25) is 4.79 Å². The first kappa shape index (κ1) is 17.9. The van der Waals surface area contributed by atoms with Gasteiger partial charge in [0.25, 0.3) is 0 Å². The molecule has 1 aliphatic rings. The predicted molar refractivity (Wildman–Crippen MR) is 90.7 cm³/mol. The number of hydrogen-bond donors (Lipinski definition) is 0. The van der Waals surface area contributed by atoms with Crippen LogP contribution in [0.5, 0.6) is 0 Å². The molecule has 1 amide bonds. The van der Waals surface area contributed by atoms with Crippen molar-refractivity contribution >= 4 is 15.9 Å². The monoisotopic (exact) mass is 338 g/mol. The summed E-state index contributed by atoms with van der Waals surface area (Å²) in [7, 11) is -1.88. The topological polar surface area (TPSA) is 57.7 Å². The van der Waals surface area contributed by atoms with Gasteiger partial charge in [-0.1, -0.05) is 32.0 Å². The molecule has 0 aromatic heterocycles. The molecule has 0 unspecified atom stereocenters. The summed E-state index contributed by atoms with van der Waals surface area (Å²) in [5.41, 5.74) is 0.844. The van der Waals surface area contributed by atoms with Gasteiger partial charge >= 0.3 is 0 Å². The Balaban J connectivity index is 2.16. The summed E-state index contributed by atoms with van der Waals surface area (Å²) in [6.07, 6.45) is 0.852. The molecule has 128 valence electrons. The number of carbonyl (C=O) groups is 1. The maximum Gasteiger partial charge on any atom is 0.243 e. The SMILES string of the molecule is CC(=O)N1CC[C@@H](CN(C)S(=O)(=O)c2ccccc2C(C)C)C1. The summed E-state index contributed by atoms with van der Waals surface area (Å²) in [6, 6.07) is 7.19. The van der Waals surface area contributed by atoms with Crippen LogP contribution in [0.3, 0.4) is 0 Å². The lowest BCUT2D eigenvalue weighted by atomic mass is 10.0. The Hall–Kier alpha value is -1.40. The van der Waals surface area contributed by atoms with Crippen LogP contribution in [-0.4, -0.2) is 50.2 Å². The zero-order chi connectivity index (χ0) is 17.2. The van der Waals surface area contributed by atoms with Crippen LogP contribution in [0.1, 0.15) is 38.7 Å². The van der Waals surface area contributed by atoms with Crippen molar-refractivity contribution in [2.45, 2.75) is 38.0 Å². The van der Waals surface area contributed by atoms with Gasteiger partial charge in [0.2, 0.25) is 15.9 Å². The average molecular weight is 338 g/mol. The highest BCUT2D eigenvalue weighted by atomic mass is 32.2. The normalized spacial score (nSPS) is 18.9. The summed E-state index contributed by atoms with van der Waals surface area (Å²) in [6.45, 7) is 7.35. The van der Waals surface area contributed by atoms with E-state index in [1.54, 1.807) is 31.0 Å². The number of sulfonamides is 1. The van der Waals surface area contributed by atoms with Gasteiger partial charge in [0.15, 0.2) is 0 Å². The average Bonchev–Trinajstić information content (AvgIpc) is 2.96. The third-order valence-electron chi connectivity index (χ3n) is 4.48. The molecule has 1 saturated heterocycles. The number of hydrogen-bond acceptors (Lipinski definition) is 3. The molecule has 1 fully saturated rings. The summed E-state index contributed by atoms with van der Waals surface area (Å²) in [5, 5.41) is 0. The number of amides is 1. The Bertz CT molecular complexity index is 670. The summed E-state index contributed by atoms with van der Waals surface area (Å²) >= 11 is 0. The third-order valence-corrected chi connectivity index (χ3v) is 6.37. The lowest BCUT2D eigenvalue weighted by molar-refractivity contribution is -0.127. The number of likely N-dealkylation sites (tertiary alicyclic amines) is 1. The van der Waals surface area contributed by atoms with Gasteiger partial charge in [-0.15, -0.1) is 0 Å². The zero-order valence-corrected chi connectivity index (χ0v) is 15.1. The molecule has 1 aliphatic heterocycles. The van der Waals surface area contributed by atoms with E-state index in [1.807, 2.05) is 26.0 Å². The van der Waals surface area contributed by atoms with Gasteiger partial charge in [0.1, 0.15) is 0 Å². The fraction of sp³-hybridized carbons (Fsp3) is 0.588. The largest absolute Gasteiger partial charge is 0.343 e. The molecular weight excluding hydrogens is 312 g/mol. The van der Waals surface area contributed by atoms with Crippen LogP contribution < -0.4 is 0 Å². The van der Waals surface area contributed by atoms with Crippen LogP contribution in [0, 0.1) is 5.92 Å². The number of nitrogens with zero attached hydrogens (tertiary/aromatic N) is 2. The number of benzene rings is 1. The summed E-state index contributed by atoms with van der Waals surface area (Å²) in [4.78, 5) is 13.6. The van der Waals surface area contributed by atoms with Gasteiger partial charge in [-0.2, -0.15) is 0 Å². The molecule has 0 radical (unpaired) electrons. The van der Waals surface area contributed by atoms with Gasteiger partial charge in [-0.25, -0.2) is 12.7 Å². The van der Waals surface area contributed by atoms with Crippen molar-refractivity contribution in [3.8, 4) is 0 Å². The van der Waals surface area contributed by atoms with Crippen molar-refractivity contribution in [3.63, 3.8) is 0 Å². The van der Waals surface area contributed by atoms with Gasteiger partial charge in [-0.05, 0) is 29.9 Å². The van der Waals surface area contributed by atoms with E-state index in [0.29, 0.717) is 18.0 Å². The molecule has 1 aromatic carbocycles. The maximum absolute atomic E-state index is 12.9. The van der Waals surface area contributed by atoms with E-state index in [9.17, 15) is 13.2 Å². The lowest BCUT2D eigenvalue weighted by Gasteiger charge is -2.23. The second-order valence-corrected chi connectivity index (χ2v) is 8.61. The zero-order valence-electron chi connectivity index (χ0n) is 14.3. The van der Waals surface area contributed by atoms with Crippen molar-refractivity contribution in [1.29, 1.82) is 0 Å². The first-order valence-corrected chi connectivity index (χ1v) is 9.48. The quantitative estimate of drug-likeness (QED) is 0.828. The molecule has 1 heterocycles. The van der Waals surface area contributed by atoms with Crippen molar-refractivity contribution in [2.75, 3.05) is 26.7 Å². The first-order chi connectivity index (χ1) is 10.7. The van der Waals surface area contributed by atoms with Gasteiger partial charge < -0.3 is 4.90 Å². The Labute approximate surface area is 139 Å². The molecule has 23 heavy (non-hydrogen) atoms. The van der Waals surface area contributed by atoms with E-state index in [-0.39, 0.29) is 17.7 Å². The minimum Gasteiger partial charge on any atom is -0.343 e. The minimum absolute atomic E-state index is 0.0585. The third kappa shape index (κ3) is 3.93. The number of rotatable bonds is 5. The lowest BCUT2D eigenvalue weighted by Crippen LogP contribution is -2.34. The minimum atomic E-state index is -3.51. The fourth-order valence-electron chi connectivity index (χ4n) is 3.09. The Morgan fingerprint density at radius 1 is 1.35 bits per heavy atom. The van der Waals surface area contributed by atoms with Gasteiger partial charge in [0.05, 0.1) is 4.90 Å². The Morgan fingerprint density at radius 2 is 2.00 bits per heavy atom. The molecule has 6 heteroatoms. The molecule has 1 atom stereocenters. The van der Waals surface area contributed by atoms with E-state index in [4.69, 9.17) is 0 Å². The van der Waals surface area contributed by atoms with E-state index in [1.165, 1.54) is 4.31 Å². The Morgan fingerprint density at radius 3 is 2.57 bits per heavy atom. The predicted octanol–water partition coefficient (Wildman–Crippen LogP) is 2.30. The van der Waals surface area contributed by atoms with Crippen LogP contribution in [-0.2, 0) is 14.8 Å². The highest BCUT2D eigenvalue weighted by molar-refractivity contribution is 7.89. The standard InChI is InChI=1S/C17H26N2O3S/c1-13(2)16-7-5-6-8-17(16)23(21,22)18(4)11-15-9-10-19(12-15)14(3)20/h5-8,13,15H,9-12H2,1-4H3/t15-/m0/s1. The highest BCUT2D eigenvalue weighted by Gasteiger charge is 2.30. The van der Waals surface area contributed by atoms with Gasteiger partial charge in [0, 0.05) is 33.6 Å². The van der Waals surface area contributed by atoms with Crippen LogP contribution in [0.25, 0.3) is 0 Å². The second kappa shape index (κ2) is 7.01. The molecule has 0 aliphatic carbocycles. The summed E-state index contributed by atoms with van der Waals surface area (Å²) in [5.74, 6) is 0.405. The molecule has 0 saturated carbocycles. The molecule has 0 N–H and O–H groups in total. The molecule has 0 bridgehead atoms. The highest BCUT2D eigenvalue weighted by Crippen LogP contribution is 2.27. The van der Waals surface area contributed by atoms with E-state index < -0.39 is 10.0 Å². The molecule has 5 nitrogen and oxygen atoms in total. The van der Waals surface area contributed by atoms with Crippen molar-refractivity contribution in [1.82, 2.24) is 9.21 Å². The van der Waals surface area contributed by atoms with Crippen LogP contribution >= 0.6 is 0 Å². The molecule has 1 aromatic rings. The van der Waals surface area contributed by atoms with E-state index in [2.05, 4.69) is 0 Å².